The first-order chi connectivity index (χ1) is 9.02. The largest absolute Gasteiger partial charge is 0.379 e. The number of carbonyl (C=O) groups is 1. The maximum Gasteiger partial charge on any atom is 0.229 e. The Morgan fingerprint density at radius 3 is 2.79 bits per heavy atom. The van der Waals surface area contributed by atoms with Crippen molar-refractivity contribution in [3.63, 3.8) is 0 Å². The molecule has 1 aromatic carbocycles. The molecule has 1 fully saturated rings. The number of halogens is 1. The number of nitrogens with two attached hydrogens (primary N) is 1. The topological polar surface area (TPSA) is 64.3 Å². The highest BCUT2D eigenvalue weighted by Gasteiger charge is 2.44. The molecule has 2 rings (SSSR count). The summed E-state index contributed by atoms with van der Waals surface area (Å²) in [6.07, 6.45) is 0.773. The first kappa shape index (κ1) is 14.3. The fourth-order valence-electron chi connectivity index (χ4n) is 2.10. The van der Waals surface area contributed by atoms with Crippen LogP contribution in [-0.4, -0.2) is 31.7 Å². The molecular weight excluding hydrogens is 264 g/mol. The number of carbonyl (C=O) groups excluding carboxylic acids is 1. The van der Waals surface area contributed by atoms with E-state index in [0.717, 1.165) is 17.0 Å². The van der Waals surface area contributed by atoms with Gasteiger partial charge in [-0.2, -0.15) is 0 Å². The van der Waals surface area contributed by atoms with Gasteiger partial charge in [-0.15, -0.1) is 0 Å². The van der Waals surface area contributed by atoms with Gasteiger partial charge < -0.3 is 15.8 Å². The van der Waals surface area contributed by atoms with Crippen LogP contribution in [0, 0.1) is 5.41 Å². The van der Waals surface area contributed by atoms with Gasteiger partial charge in [0.2, 0.25) is 5.91 Å². The summed E-state index contributed by atoms with van der Waals surface area (Å²) in [5.41, 5.74) is 6.44. The van der Waals surface area contributed by atoms with Crippen LogP contribution >= 0.6 is 11.6 Å². The van der Waals surface area contributed by atoms with E-state index in [4.69, 9.17) is 22.1 Å². The fourth-order valence-corrected chi connectivity index (χ4v) is 2.22. The van der Waals surface area contributed by atoms with Gasteiger partial charge in [0.25, 0.3) is 0 Å². The lowest BCUT2D eigenvalue weighted by Gasteiger charge is -2.25. The molecule has 1 saturated heterocycles. The highest BCUT2D eigenvalue weighted by molar-refractivity contribution is 6.30. The second-order valence-corrected chi connectivity index (χ2v) is 5.61. The van der Waals surface area contributed by atoms with Crippen molar-refractivity contribution >= 4 is 17.5 Å². The maximum absolute atomic E-state index is 12.1. The van der Waals surface area contributed by atoms with E-state index in [1.807, 2.05) is 31.2 Å². The van der Waals surface area contributed by atoms with Crippen molar-refractivity contribution in [2.45, 2.75) is 19.4 Å². The average molecular weight is 283 g/mol. The van der Waals surface area contributed by atoms with Crippen LogP contribution in [-0.2, 0) is 16.0 Å². The van der Waals surface area contributed by atoms with Crippen molar-refractivity contribution in [3.8, 4) is 0 Å². The van der Waals surface area contributed by atoms with E-state index >= 15 is 0 Å². The lowest BCUT2D eigenvalue weighted by Crippen LogP contribution is -2.50. The van der Waals surface area contributed by atoms with Crippen molar-refractivity contribution < 1.29 is 9.53 Å². The Hall–Kier alpha value is -1.10. The van der Waals surface area contributed by atoms with Crippen LogP contribution in [0.15, 0.2) is 24.3 Å². The third kappa shape index (κ3) is 3.26. The zero-order valence-electron chi connectivity index (χ0n) is 11.0. The van der Waals surface area contributed by atoms with E-state index < -0.39 is 5.41 Å². The molecule has 0 spiro atoms. The number of benzene rings is 1. The molecule has 0 aliphatic carbocycles. The summed E-state index contributed by atoms with van der Waals surface area (Å²) < 4.78 is 5.27. The Kier molecular flexibility index (Phi) is 4.45. The summed E-state index contributed by atoms with van der Waals surface area (Å²) in [6, 6.07) is 7.38. The van der Waals surface area contributed by atoms with Crippen LogP contribution in [0.4, 0.5) is 0 Å². The summed E-state index contributed by atoms with van der Waals surface area (Å²) in [5, 5.41) is 3.64. The molecule has 2 atom stereocenters. The van der Waals surface area contributed by atoms with Gasteiger partial charge in [0.1, 0.15) is 0 Å². The van der Waals surface area contributed by atoms with Crippen molar-refractivity contribution in [3.05, 3.63) is 34.9 Å². The highest BCUT2D eigenvalue weighted by Crippen LogP contribution is 2.26. The van der Waals surface area contributed by atoms with Crippen molar-refractivity contribution in [2.75, 3.05) is 19.8 Å². The predicted octanol–water partition coefficient (Wildman–Crippen LogP) is 1.36. The first-order valence-electron chi connectivity index (χ1n) is 6.38. The van der Waals surface area contributed by atoms with Crippen LogP contribution in [0.1, 0.15) is 12.5 Å². The summed E-state index contributed by atoms with van der Waals surface area (Å²) >= 11 is 5.82. The molecule has 1 heterocycles. The quantitative estimate of drug-likeness (QED) is 0.876. The van der Waals surface area contributed by atoms with Gasteiger partial charge in [-0.05, 0) is 31.0 Å². The first-order valence-corrected chi connectivity index (χ1v) is 6.76. The van der Waals surface area contributed by atoms with Gasteiger partial charge in [-0.25, -0.2) is 0 Å². The van der Waals surface area contributed by atoms with Gasteiger partial charge >= 0.3 is 0 Å². The molecular formula is C14H19ClN2O2. The zero-order chi connectivity index (χ0) is 13.9. The standard InChI is InChI=1S/C14H19ClN2O2/c1-14(9-19-8-12(14)16)13(18)17-7-6-10-2-4-11(15)5-3-10/h2-5,12H,6-9,16H2,1H3,(H,17,18). The zero-order valence-corrected chi connectivity index (χ0v) is 11.7. The molecule has 1 aliphatic heterocycles. The third-order valence-corrected chi connectivity index (χ3v) is 3.90. The van der Waals surface area contributed by atoms with Crippen LogP contribution in [0.25, 0.3) is 0 Å². The summed E-state index contributed by atoms with van der Waals surface area (Å²) in [7, 11) is 0. The molecule has 3 N–H and O–H groups in total. The number of amides is 1. The molecule has 2 unspecified atom stereocenters. The van der Waals surface area contributed by atoms with Gasteiger partial charge in [0.15, 0.2) is 0 Å². The fraction of sp³-hybridized carbons (Fsp3) is 0.500. The molecule has 104 valence electrons. The van der Waals surface area contributed by atoms with E-state index in [1.54, 1.807) is 0 Å². The van der Waals surface area contributed by atoms with Gasteiger partial charge in [-0.1, -0.05) is 23.7 Å². The molecule has 19 heavy (non-hydrogen) atoms. The van der Waals surface area contributed by atoms with E-state index in [-0.39, 0.29) is 11.9 Å². The van der Waals surface area contributed by atoms with Gasteiger partial charge in [0.05, 0.1) is 18.6 Å². The number of ether oxygens (including phenoxy) is 1. The van der Waals surface area contributed by atoms with E-state index in [1.165, 1.54) is 0 Å². The van der Waals surface area contributed by atoms with Gasteiger partial charge in [0, 0.05) is 17.6 Å². The molecule has 0 bridgehead atoms. The SMILES string of the molecule is CC1(C(=O)NCCc2ccc(Cl)cc2)COCC1N. The second kappa shape index (κ2) is 5.90. The van der Waals surface area contributed by atoms with Crippen LogP contribution in [0.2, 0.25) is 5.02 Å². The van der Waals surface area contributed by atoms with Crippen molar-refractivity contribution in [1.29, 1.82) is 0 Å². The summed E-state index contributed by atoms with van der Waals surface area (Å²) in [4.78, 5) is 12.1. The van der Waals surface area contributed by atoms with Gasteiger partial charge in [-0.3, -0.25) is 4.79 Å². The molecule has 4 nitrogen and oxygen atoms in total. The molecule has 1 aliphatic rings. The Balaban J connectivity index is 1.82. The lowest BCUT2D eigenvalue weighted by molar-refractivity contribution is -0.130. The maximum atomic E-state index is 12.1. The molecule has 0 aromatic heterocycles. The number of hydrogen-bond donors (Lipinski definition) is 2. The van der Waals surface area contributed by atoms with Crippen molar-refractivity contribution in [2.24, 2.45) is 11.1 Å². The van der Waals surface area contributed by atoms with Crippen LogP contribution in [0.3, 0.4) is 0 Å². The monoisotopic (exact) mass is 282 g/mol. The van der Waals surface area contributed by atoms with E-state index in [9.17, 15) is 4.79 Å². The molecule has 1 aromatic rings. The molecule has 0 radical (unpaired) electrons. The minimum absolute atomic E-state index is 0.0357. The Bertz CT molecular complexity index is 449. The highest BCUT2D eigenvalue weighted by atomic mass is 35.5. The van der Waals surface area contributed by atoms with Crippen LogP contribution in [0.5, 0.6) is 0 Å². The Labute approximate surface area is 118 Å². The van der Waals surface area contributed by atoms with Crippen molar-refractivity contribution in [1.82, 2.24) is 5.32 Å². The second-order valence-electron chi connectivity index (χ2n) is 5.17. The molecule has 0 saturated carbocycles. The van der Waals surface area contributed by atoms with Crippen LogP contribution < -0.4 is 11.1 Å². The Morgan fingerprint density at radius 2 is 2.21 bits per heavy atom. The third-order valence-electron chi connectivity index (χ3n) is 3.65. The number of hydrogen-bond acceptors (Lipinski definition) is 3. The van der Waals surface area contributed by atoms with E-state index in [0.29, 0.717) is 19.8 Å². The lowest BCUT2D eigenvalue weighted by atomic mass is 9.85. The normalized spacial score (nSPS) is 26.4. The minimum Gasteiger partial charge on any atom is -0.379 e. The molecule has 1 amide bonds. The Morgan fingerprint density at radius 1 is 1.53 bits per heavy atom. The number of nitrogens with one attached hydrogen (secondary N) is 1. The summed E-state index contributed by atoms with van der Waals surface area (Å²) in [6.45, 7) is 3.27. The molecule has 5 heteroatoms. The average Bonchev–Trinajstić information content (AvgIpc) is 2.73. The minimum atomic E-state index is -0.611. The predicted molar refractivity (Wildman–Crippen MR) is 75.1 cm³/mol. The smallest absolute Gasteiger partial charge is 0.229 e. The number of rotatable bonds is 4. The summed E-state index contributed by atoms with van der Waals surface area (Å²) in [5.74, 6) is -0.0357. The van der Waals surface area contributed by atoms with E-state index in [2.05, 4.69) is 5.32 Å².